The fourth-order valence-corrected chi connectivity index (χ4v) is 0.522. The standard InChI is InChI=1S/C4H8N4O/c1-3-2-6-8(5)4(9)7-3/h2-3H,5H2,1H3,(H,7,9). The third kappa shape index (κ3) is 1.17. The van der Waals surface area contributed by atoms with Crippen LogP contribution < -0.4 is 11.2 Å². The number of hydrazine groups is 1. The number of rotatable bonds is 0. The molecule has 50 valence electrons. The van der Waals surface area contributed by atoms with E-state index in [1.807, 2.05) is 6.92 Å². The van der Waals surface area contributed by atoms with Gasteiger partial charge in [0.15, 0.2) is 0 Å². The van der Waals surface area contributed by atoms with E-state index in [1.54, 1.807) is 6.21 Å². The second-order valence-electron chi connectivity index (χ2n) is 1.85. The molecule has 2 amide bonds. The van der Waals surface area contributed by atoms with Gasteiger partial charge in [-0.1, -0.05) is 0 Å². The maximum atomic E-state index is 10.6. The first-order valence-electron chi connectivity index (χ1n) is 2.59. The van der Waals surface area contributed by atoms with Crippen molar-refractivity contribution in [2.75, 3.05) is 0 Å². The van der Waals surface area contributed by atoms with Gasteiger partial charge in [-0.15, -0.1) is 5.12 Å². The molecule has 1 rings (SSSR count). The number of nitrogens with two attached hydrogens (primary N) is 1. The zero-order valence-corrected chi connectivity index (χ0v) is 5.03. The SMILES string of the molecule is CC1C=NN(N)C(=O)N1. The average molecular weight is 128 g/mol. The zero-order valence-electron chi connectivity index (χ0n) is 5.03. The van der Waals surface area contributed by atoms with Crippen LogP contribution in [0, 0.1) is 0 Å². The number of nitrogens with one attached hydrogen (secondary N) is 1. The number of hydrazone groups is 1. The van der Waals surface area contributed by atoms with Gasteiger partial charge in [-0.3, -0.25) is 0 Å². The van der Waals surface area contributed by atoms with Crippen molar-refractivity contribution in [1.82, 2.24) is 10.4 Å². The largest absolute Gasteiger partial charge is 0.353 e. The Balaban J connectivity index is 2.65. The molecule has 0 aromatic rings. The third-order valence-electron chi connectivity index (χ3n) is 0.974. The molecule has 0 aromatic heterocycles. The monoisotopic (exact) mass is 128 g/mol. The third-order valence-corrected chi connectivity index (χ3v) is 0.974. The highest BCUT2D eigenvalue weighted by Gasteiger charge is 2.14. The second kappa shape index (κ2) is 2.02. The Bertz CT molecular complexity index is 155. The van der Waals surface area contributed by atoms with Gasteiger partial charge in [-0.25, -0.2) is 10.6 Å². The van der Waals surface area contributed by atoms with Crippen LogP contribution in [0.5, 0.6) is 0 Å². The van der Waals surface area contributed by atoms with E-state index in [4.69, 9.17) is 5.84 Å². The summed E-state index contributed by atoms with van der Waals surface area (Å²) in [6.07, 6.45) is 1.56. The van der Waals surface area contributed by atoms with Crippen molar-refractivity contribution in [3.63, 3.8) is 0 Å². The summed E-state index contributed by atoms with van der Waals surface area (Å²) in [4.78, 5) is 10.6. The topological polar surface area (TPSA) is 70.7 Å². The molecule has 5 nitrogen and oxygen atoms in total. The zero-order chi connectivity index (χ0) is 6.85. The molecular formula is C4H8N4O. The minimum Gasteiger partial charge on any atom is -0.328 e. The summed E-state index contributed by atoms with van der Waals surface area (Å²) in [6.45, 7) is 1.81. The first-order chi connectivity index (χ1) is 4.20. The Kier molecular flexibility index (Phi) is 1.35. The number of carbonyl (C=O) groups is 1. The van der Waals surface area contributed by atoms with Gasteiger partial charge in [0.25, 0.3) is 0 Å². The molecule has 0 saturated heterocycles. The van der Waals surface area contributed by atoms with Gasteiger partial charge in [0.05, 0.1) is 6.04 Å². The van der Waals surface area contributed by atoms with Crippen molar-refractivity contribution < 1.29 is 4.79 Å². The molecule has 0 radical (unpaired) electrons. The van der Waals surface area contributed by atoms with Gasteiger partial charge >= 0.3 is 6.03 Å². The summed E-state index contributed by atoms with van der Waals surface area (Å²) in [5.41, 5.74) is 0. The van der Waals surface area contributed by atoms with Crippen LogP contribution in [0.1, 0.15) is 6.92 Å². The van der Waals surface area contributed by atoms with Crippen LogP contribution in [0.15, 0.2) is 5.10 Å². The Labute approximate surface area is 52.5 Å². The predicted molar refractivity (Wildman–Crippen MR) is 32.5 cm³/mol. The van der Waals surface area contributed by atoms with Gasteiger partial charge in [-0.05, 0) is 6.92 Å². The van der Waals surface area contributed by atoms with Gasteiger partial charge in [0.2, 0.25) is 0 Å². The number of carbonyl (C=O) groups excluding carboxylic acids is 1. The van der Waals surface area contributed by atoms with E-state index in [2.05, 4.69) is 10.4 Å². The molecule has 0 aromatic carbocycles. The quantitative estimate of drug-likeness (QED) is 0.333. The lowest BCUT2D eigenvalue weighted by Crippen LogP contribution is -2.49. The van der Waals surface area contributed by atoms with Crippen LogP contribution in [0.4, 0.5) is 4.79 Å². The van der Waals surface area contributed by atoms with Crippen LogP contribution in [-0.2, 0) is 0 Å². The van der Waals surface area contributed by atoms with Gasteiger partial charge in [0.1, 0.15) is 0 Å². The first-order valence-corrected chi connectivity index (χ1v) is 2.59. The lowest BCUT2D eigenvalue weighted by molar-refractivity contribution is 0.196. The van der Waals surface area contributed by atoms with Gasteiger partial charge < -0.3 is 5.32 Å². The van der Waals surface area contributed by atoms with E-state index in [-0.39, 0.29) is 12.1 Å². The molecule has 1 unspecified atom stereocenters. The van der Waals surface area contributed by atoms with Crippen molar-refractivity contribution in [2.45, 2.75) is 13.0 Å². The second-order valence-corrected chi connectivity index (χ2v) is 1.85. The lowest BCUT2D eigenvalue weighted by Gasteiger charge is -2.19. The number of urea groups is 1. The molecule has 5 heteroatoms. The smallest absolute Gasteiger partial charge is 0.328 e. The molecule has 3 N–H and O–H groups in total. The Morgan fingerprint density at radius 1 is 2.00 bits per heavy atom. The van der Waals surface area contributed by atoms with Crippen molar-refractivity contribution in [3.05, 3.63) is 0 Å². The van der Waals surface area contributed by atoms with Gasteiger partial charge in [0, 0.05) is 6.21 Å². The predicted octanol–water partition coefficient (Wildman–Crippen LogP) is -0.740. The molecule has 1 heterocycles. The molecule has 0 saturated carbocycles. The maximum absolute atomic E-state index is 10.6. The lowest BCUT2D eigenvalue weighted by atomic mass is 10.4. The van der Waals surface area contributed by atoms with E-state index >= 15 is 0 Å². The number of hydrogen-bond donors (Lipinski definition) is 2. The van der Waals surface area contributed by atoms with Crippen molar-refractivity contribution in [1.29, 1.82) is 0 Å². The van der Waals surface area contributed by atoms with Crippen molar-refractivity contribution in [2.24, 2.45) is 10.9 Å². The summed E-state index contributed by atoms with van der Waals surface area (Å²) in [7, 11) is 0. The van der Waals surface area contributed by atoms with E-state index < -0.39 is 0 Å². The molecular weight excluding hydrogens is 120 g/mol. The molecule has 1 atom stereocenters. The summed E-state index contributed by atoms with van der Waals surface area (Å²) < 4.78 is 0. The van der Waals surface area contributed by atoms with Crippen LogP contribution in [0.2, 0.25) is 0 Å². The number of amides is 2. The molecule has 0 fully saturated rings. The van der Waals surface area contributed by atoms with E-state index in [0.29, 0.717) is 0 Å². The van der Waals surface area contributed by atoms with E-state index in [0.717, 1.165) is 5.12 Å². The van der Waals surface area contributed by atoms with Crippen LogP contribution >= 0.6 is 0 Å². The molecule has 1 aliphatic heterocycles. The molecule has 0 spiro atoms. The van der Waals surface area contributed by atoms with E-state index in [1.165, 1.54) is 0 Å². The van der Waals surface area contributed by atoms with Crippen LogP contribution in [0.3, 0.4) is 0 Å². The fraction of sp³-hybridized carbons (Fsp3) is 0.500. The first kappa shape index (κ1) is 6.03. The highest BCUT2D eigenvalue weighted by molar-refractivity contribution is 5.82. The molecule has 1 aliphatic rings. The van der Waals surface area contributed by atoms with Gasteiger partial charge in [-0.2, -0.15) is 5.10 Å². The molecule has 0 aliphatic carbocycles. The van der Waals surface area contributed by atoms with Crippen molar-refractivity contribution >= 4 is 12.2 Å². The Morgan fingerprint density at radius 3 is 3.11 bits per heavy atom. The molecule has 0 bridgehead atoms. The highest BCUT2D eigenvalue weighted by atomic mass is 16.2. The highest BCUT2D eigenvalue weighted by Crippen LogP contribution is 1.89. The molecule has 9 heavy (non-hydrogen) atoms. The minimum absolute atomic E-state index is 0.0164. The summed E-state index contributed by atoms with van der Waals surface area (Å²) >= 11 is 0. The number of hydrogen-bond acceptors (Lipinski definition) is 3. The van der Waals surface area contributed by atoms with Crippen LogP contribution in [-0.4, -0.2) is 23.4 Å². The van der Waals surface area contributed by atoms with Crippen molar-refractivity contribution in [3.8, 4) is 0 Å². The Morgan fingerprint density at radius 2 is 2.67 bits per heavy atom. The summed E-state index contributed by atoms with van der Waals surface area (Å²) in [5.74, 6) is 5.06. The summed E-state index contributed by atoms with van der Waals surface area (Å²) in [5, 5.41) is 6.87. The van der Waals surface area contributed by atoms with Crippen LogP contribution in [0.25, 0.3) is 0 Å². The summed E-state index contributed by atoms with van der Waals surface area (Å²) in [6, 6.07) is -0.387. The van der Waals surface area contributed by atoms with E-state index in [9.17, 15) is 4.79 Å². The fourth-order valence-electron chi connectivity index (χ4n) is 0.522. The normalized spacial score (nSPS) is 26.2. The maximum Gasteiger partial charge on any atom is 0.353 e. The Hall–Kier alpha value is -1.10. The average Bonchev–Trinajstić information content (AvgIpc) is 1.80. The number of nitrogens with zero attached hydrogens (tertiary/aromatic N) is 2. The minimum atomic E-state index is -0.370.